The number of carbonyl (C=O) groups excluding carboxylic acids is 2. The number of hydrogen-bond donors (Lipinski definition) is 1. The monoisotopic (exact) mass is 424 g/mol. The van der Waals surface area contributed by atoms with Crippen molar-refractivity contribution in [1.82, 2.24) is 14.7 Å². The number of hydrogen-bond acceptors (Lipinski definition) is 4. The highest BCUT2D eigenvalue weighted by atomic mass is 19.1. The zero-order chi connectivity index (χ0) is 22.1. The number of anilines is 1. The van der Waals surface area contributed by atoms with Crippen LogP contribution in [-0.2, 0) is 9.59 Å². The van der Waals surface area contributed by atoms with Crippen LogP contribution < -0.4 is 5.32 Å². The van der Waals surface area contributed by atoms with E-state index in [2.05, 4.69) is 34.5 Å². The van der Waals surface area contributed by atoms with Gasteiger partial charge in [0.15, 0.2) is 0 Å². The van der Waals surface area contributed by atoms with Gasteiger partial charge in [-0.1, -0.05) is 48.6 Å². The average Bonchev–Trinajstić information content (AvgIpc) is 2.74. The van der Waals surface area contributed by atoms with Crippen molar-refractivity contribution in [3.8, 4) is 0 Å². The molecule has 2 aromatic carbocycles. The Bertz CT molecular complexity index is 895. The van der Waals surface area contributed by atoms with Crippen molar-refractivity contribution < 1.29 is 14.0 Å². The molecule has 1 fully saturated rings. The number of halogens is 1. The molecule has 1 aliphatic rings. The molecule has 1 heterocycles. The minimum atomic E-state index is -0.406. The predicted octanol–water partition coefficient (Wildman–Crippen LogP) is 2.55. The van der Waals surface area contributed by atoms with Crippen molar-refractivity contribution in [2.45, 2.75) is 0 Å². The number of benzene rings is 2. The third-order valence-electron chi connectivity index (χ3n) is 5.13. The van der Waals surface area contributed by atoms with E-state index in [9.17, 15) is 14.0 Å². The molecule has 0 spiro atoms. The largest absolute Gasteiger partial charge is 0.339 e. The molecule has 0 unspecified atom stereocenters. The highest BCUT2D eigenvalue weighted by molar-refractivity contribution is 5.92. The molecule has 1 saturated heterocycles. The van der Waals surface area contributed by atoms with E-state index < -0.39 is 5.82 Å². The topological polar surface area (TPSA) is 55.9 Å². The van der Waals surface area contributed by atoms with Crippen molar-refractivity contribution in [2.24, 2.45) is 0 Å². The Morgan fingerprint density at radius 3 is 2.48 bits per heavy atom. The molecular weight excluding hydrogens is 395 g/mol. The van der Waals surface area contributed by atoms with E-state index in [1.165, 1.54) is 23.8 Å². The van der Waals surface area contributed by atoms with E-state index in [4.69, 9.17) is 0 Å². The maximum atomic E-state index is 13.2. The summed E-state index contributed by atoms with van der Waals surface area (Å²) in [6.07, 6.45) is 4.26. The first-order chi connectivity index (χ1) is 15.0. The van der Waals surface area contributed by atoms with Gasteiger partial charge in [0.25, 0.3) is 0 Å². The van der Waals surface area contributed by atoms with Gasteiger partial charge in [0.1, 0.15) is 5.82 Å². The van der Waals surface area contributed by atoms with Crippen LogP contribution >= 0.6 is 0 Å². The van der Waals surface area contributed by atoms with Gasteiger partial charge in [-0.3, -0.25) is 19.4 Å². The maximum Gasteiger partial charge on any atom is 0.238 e. The van der Waals surface area contributed by atoms with Crippen LogP contribution in [0.25, 0.3) is 6.08 Å². The van der Waals surface area contributed by atoms with E-state index in [1.807, 2.05) is 23.1 Å². The summed E-state index contributed by atoms with van der Waals surface area (Å²) in [5.74, 6) is -0.674. The van der Waals surface area contributed by atoms with Crippen LogP contribution in [0, 0.1) is 5.82 Å². The van der Waals surface area contributed by atoms with E-state index in [0.29, 0.717) is 18.8 Å². The summed E-state index contributed by atoms with van der Waals surface area (Å²) in [6.45, 7) is 4.11. The number of carbonyl (C=O) groups is 2. The SMILES string of the molecule is CN(CC(=O)Nc1cccc(F)c1)CC(=O)N1CCN(C/C=C/c2ccccc2)CC1. The summed E-state index contributed by atoms with van der Waals surface area (Å²) in [4.78, 5) is 30.5. The number of amides is 2. The maximum absolute atomic E-state index is 13.2. The zero-order valence-electron chi connectivity index (χ0n) is 17.8. The Morgan fingerprint density at radius 2 is 1.77 bits per heavy atom. The Balaban J connectivity index is 1.36. The average molecular weight is 425 g/mol. The molecule has 2 amide bonds. The lowest BCUT2D eigenvalue weighted by molar-refractivity contribution is -0.134. The zero-order valence-corrected chi connectivity index (χ0v) is 17.8. The van der Waals surface area contributed by atoms with Crippen LogP contribution in [0.2, 0.25) is 0 Å². The number of nitrogens with one attached hydrogen (secondary N) is 1. The van der Waals surface area contributed by atoms with Gasteiger partial charge >= 0.3 is 0 Å². The molecule has 1 N–H and O–H groups in total. The predicted molar refractivity (Wildman–Crippen MR) is 121 cm³/mol. The minimum Gasteiger partial charge on any atom is -0.339 e. The smallest absolute Gasteiger partial charge is 0.238 e. The molecule has 2 aromatic rings. The fraction of sp³-hybridized carbons (Fsp3) is 0.333. The Hall–Kier alpha value is -3.03. The van der Waals surface area contributed by atoms with Gasteiger partial charge < -0.3 is 10.2 Å². The summed E-state index contributed by atoms with van der Waals surface area (Å²) in [6, 6.07) is 15.9. The Labute approximate surface area is 182 Å². The molecule has 164 valence electrons. The fourth-order valence-corrected chi connectivity index (χ4v) is 3.48. The van der Waals surface area contributed by atoms with E-state index in [1.54, 1.807) is 18.0 Å². The van der Waals surface area contributed by atoms with Gasteiger partial charge in [0.2, 0.25) is 11.8 Å². The van der Waals surface area contributed by atoms with Crippen molar-refractivity contribution in [3.05, 3.63) is 72.1 Å². The van der Waals surface area contributed by atoms with Crippen molar-refractivity contribution >= 4 is 23.6 Å². The lowest BCUT2D eigenvalue weighted by Gasteiger charge is -2.35. The molecular formula is C24H29FN4O2. The molecule has 3 rings (SSSR count). The molecule has 0 aromatic heterocycles. The molecule has 7 heteroatoms. The summed E-state index contributed by atoms with van der Waals surface area (Å²) in [7, 11) is 1.73. The van der Waals surface area contributed by atoms with E-state index in [0.717, 1.165) is 19.6 Å². The second-order valence-electron chi connectivity index (χ2n) is 7.73. The standard InChI is InChI=1S/C24H29FN4O2/c1-27(18-23(30)26-22-11-5-10-21(25)17-22)19-24(31)29-15-13-28(14-16-29)12-6-9-20-7-3-2-4-8-20/h2-11,17H,12-16,18-19H2,1H3,(H,26,30)/b9-6+. The molecule has 0 bridgehead atoms. The van der Waals surface area contributed by atoms with Gasteiger partial charge in [-0.05, 0) is 30.8 Å². The lowest BCUT2D eigenvalue weighted by atomic mass is 10.2. The van der Waals surface area contributed by atoms with Crippen LogP contribution in [-0.4, -0.2) is 79.4 Å². The normalized spacial score (nSPS) is 14.9. The van der Waals surface area contributed by atoms with Crippen molar-refractivity contribution in [1.29, 1.82) is 0 Å². The molecule has 0 saturated carbocycles. The van der Waals surface area contributed by atoms with Crippen molar-refractivity contribution in [3.63, 3.8) is 0 Å². The van der Waals surface area contributed by atoms with Crippen LogP contribution in [0.5, 0.6) is 0 Å². The molecule has 0 aliphatic carbocycles. The second-order valence-corrected chi connectivity index (χ2v) is 7.73. The number of likely N-dealkylation sites (N-methyl/N-ethyl adjacent to an activating group) is 1. The lowest BCUT2D eigenvalue weighted by Crippen LogP contribution is -2.51. The number of nitrogens with zero attached hydrogens (tertiary/aromatic N) is 3. The molecule has 0 atom stereocenters. The minimum absolute atomic E-state index is 0.0144. The quantitative estimate of drug-likeness (QED) is 0.708. The van der Waals surface area contributed by atoms with Gasteiger partial charge in [0.05, 0.1) is 13.1 Å². The first-order valence-corrected chi connectivity index (χ1v) is 10.5. The fourth-order valence-electron chi connectivity index (χ4n) is 3.48. The van der Waals surface area contributed by atoms with Crippen LogP contribution in [0.1, 0.15) is 5.56 Å². The Morgan fingerprint density at radius 1 is 1.03 bits per heavy atom. The summed E-state index contributed by atoms with van der Waals surface area (Å²) in [5, 5.41) is 2.64. The van der Waals surface area contributed by atoms with Gasteiger partial charge in [-0.2, -0.15) is 0 Å². The molecule has 1 aliphatic heterocycles. The van der Waals surface area contributed by atoms with Crippen LogP contribution in [0.15, 0.2) is 60.7 Å². The third kappa shape index (κ3) is 7.62. The Kier molecular flexibility index (Phi) is 8.32. The van der Waals surface area contributed by atoms with Crippen molar-refractivity contribution in [2.75, 3.05) is 58.2 Å². The molecule has 31 heavy (non-hydrogen) atoms. The van der Waals surface area contributed by atoms with Gasteiger partial charge in [-0.15, -0.1) is 0 Å². The van der Waals surface area contributed by atoms with E-state index >= 15 is 0 Å². The number of rotatable bonds is 8. The molecule has 6 nitrogen and oxygen atoms in total. The first-order valence-electron chi connectivity index (χ1n) is 10.5. The first kappa shape index (κ1) is 22.7. The third-order valence-corrected chi connectivity index (χ3v) is 5.13. The van der Waals surface area contributed by atoms with Gasteiger partial charge in [0, 0.05) is 38.4 Å². The summed E-state index contributed by atoms with van der Waals surface area (Å²) in [5.41, 5.74) is 1.59. The number of piperazine rings is 1. The van der Waals surface area contributed by atoms with Crippen LogP contribution in [0.4, 0.5) is 10.1 Å². The van der Waals surface area contributed by atoms with Gasteiger partial charge in [-0.25, -0.2) is 4.39 Å². The van der Waals surface area contributed by atoms with Crippen LogP contribution in [0.3, 0.4) is 0 Å². The van der Waals surface area contributed by atoms with E-state index in [-0.39, 0.29) is 24.9 Å². The summed E-state index contributed by atoms with van der Waals surface area (Å²) < 4.78 is 13.2. The highest BCUT2D eigenvalue weighted by Crippen LogP contribution is 2.09. The highest BCUT2D eigenvalue weighted by Gasteiger charge is 2.21. The summed E-state index contributed by atoms with van der Waals surface area (Å²) >= 11 is 0. The second kappa shape index (κ2) is 11.4. The molecule has 0 radical (unpaired) electrons.